The second-order valence-electron chi connectivity index (χ2n) is 8.95. The van der Waals surface area contributed by atoms with Gasteiger partial charge in [0.1, 0.15) is 5.75 Å². The number of rotatable bonds is 6. The molecule has 28 heavy (non-hydrogen) atoms. The average molecular weight is 389 g/mol. The maximum Gasteiger partial charge on any atom is 0.237 e. The third kappa shape index (κ3) is 5.25. The van der Waals surface area contributed by atoms with Crippen molar-refractivity contribution in [2.24, 2.45) is 5.92 Å². The Hall–Kier alpha value is -1.63. The van der Waals surface area contributed by atoms with Gasteiger partial charge in [0.15, 0.2) is 0 Å². The molecule has 1 amide bonds. The van der Waals surface area contributed by atoms with Gasteiger partial charge in [0.25, 0.3) is 0 Å². The summed E-state index contributed by atoms with van der Waals surface area (Å²) in [6, 6.07) is 6.04. The Kier molecular flexibility index (Phi) is 6.96. The molecular formula is C22H36N4O2. The van der Waals surface area contributed by atoms with Gasteiger partial charge in [-0.25, -0.2) is 0 Å². The number of carbonyl (C=O) groups is 1. The van der Waals surface area contributed by atoms with E-state index in [-0.39, 0.29) is 23.7 Å². The molecule has 0 bridgehead atoms. The molecule has 2 aliphatic heterocycles. The summed E-state index contributed by atoms with van der Waals surface area (Å²) >= 11 is 0. The third-order valence-corrected chi connectivity index (χ3v) is 6.34. The smallest absolute Gasteiger partial charge is 0.237 e. The van der Waals surface area contributed by atoms with Crippen molar-refractivity contribution in [3.63, 3.8) is 0 Å². The molecule has 0 radical (unpaired) electrons. The topological polar surface area (TPSA) is 67.8 Å². The Morgan fingerprint density at radius 2 is 2.00 bits per heavy atom. The number of likely N-dealkylation sites (tertiary alicyclic amines) is 1. The molecule has 6 heteroatoms. The molecule has 2 aliphatic rings. The Bertz CT molecular complexity index is 669. The van der Waals surface area contributed by atoms with Crippen LogP contribution in [0.3, 0.4) is 0 Å². The molecule has 0 aliphatic carbocycles. The molecule has 156 valence electrons. The monoisotopic (exact) mass is 388 g/mol. The summed E-state index contributed by atoms with van der Waals surface area (Å²) in [6.45, 7) is 8.10. The van der Waals surface area contributed by atoms with Crippen LogP contribution in [0.1, 0.15) is 37.8 Å². The van der Waals surface area contributed by atoms with Crippen LogP contribution in [0.4, 0.5) is 0 Å². The Labute approximate surface area is 169 Å². The summed E-state index contributed by atoms with van der Waals surface area (Å²) in [5.41, 5.74) is 2.22. The fraction of sp³-hybridized carbons (Fsp3) is 0.682. The predicted molar refractivity (Wildman–Crippen MR) is 112 cm³/mol. The van der Waals surface area contributed by atoms with Gasteiger partial charge in [0.2, 0.25) is 5.91 Å². The molecule has 3 N–H and O–H groups in total. The number of amides is 1. The van der Waals surface area contributed by atoms with E-state index in [9.17, 15) is 9.90 Å². The highest BCUT2D eigenvalue weighted by Crippen LogP contribution is 2.22. The van der Waals surface area contributed by atoms with Crippen LogP contribution < -0.4 is 10.6 Å². The van der Waals surface area contributed by atoms with Crippen LogP contribution in [0.5, 0.6) is 5.75 Å². The number of phenols is 1. The average Bonchev–Trinajstić information content (AvgIpc) is 2.67. The molecule has 1 saturated heterocycles. The predicted octanol–water partition coefficient (Wildman–Crippen LogP) is 1.57. The zero-order valence-corrected chi connectivity index (χ0v) is 17.7. The number of phenolic OH excluding ortho intramolecular Hbond substituents is 1. The molecule has 1 unspecified atom stereocenters. The quantitative estimate of drug-likeness (QED) is 0.690. The second-order valence-corrected chi connectivity index (χ2v) is 8.95. The first-order valence-corrected chi connectivity index (χ1v) is 10.6. The van der Waals surface area contributed by atoms with E-state index in [1.165, 1.54) is 12.8 Å². The van der Waals surface area contributed by atoms with Gasteiger partial charge in [-0.2, -0.15) is 0 Å². The standard InChI is InChI=1S/C22H36N4O2/c1-15(2)21(14-26-9-7-18(8-10-26)25(3)4)24-22(28)20-12-16-5-6-19(27)11-17(16)13-23-20/h5-6,11,15,18,20-21,23,27H,7-10,12-14H2,1-4H3,(H,24,28)/t20?,21-/m1/s1. The van der Waals surface area contributed by atoms with Crippen molar-refractivity contribution in [3.8, 4) is 5.75 Å². The minimum absolute atomic E-state index is 0.0839. The SMILES string of the molecule is CC(C)[C@@H](CN1CCC(N(C)C)CC1)NC(=O)C1Cc2ccc(O)cc2CN1. The van der Waals surface area contributed by atoms with E-state index in [1.807, 2.05) is 6.07 Å². The number of fused-ring (bicyclic) bond motifs is 1. The van der Waals surface area contributed by atoms with E-state index in [0.29, 0.717) is 24.9 Å². The normalized spacial score (nSPS) is 22.3. The van der Waals surface area contributed by atoms with Crippen molar-refractivity contribution in [2.45, 2.75) is 57.8 Å². The maximum absolute atomic E-state index is 12.9. The van der Waals surface area contributed by atoms with E-state index < -0.39 is 0 Å². The number of hydrogen-bond donors (Lipinski definition) is 3. The maximum atomic E-state index is 12.9. The summed E-state index contributed by atoms with van der Waals surface area (Å²) in [4.78, 5) is 17.7. The van der Waals surface area contributed by atoms with Gasteiger partial charge in [0, 0.05) is 25.2 Å². The lowest BCUT2D eigenvalue weighted by Gasteiger charge is -2.38. The highest BCUT2D eigenvalue weighted by atomic mass is 16.3. The Morgan fingerprint density at radius 3 is 2.64 bits per heavy atom. The lowest BCUT2D eigenvalue weighted by Crippen LogP contribution is -2.55. The first-order chi connectivity index (χ1) is 13.3. The number of aromatic hydroxyl groups is 1. The van der Waals surface area contributed by atoms with E-state index >= 15 is 0 Å². The van der Waals surface area contributed by atoms with Gasteiger partial charge in [-0.05, 0) is 75.6 Å². The minimum Gasteiger partial charge on any atom is -0.508 e. The summed E-state index contributed by atoms with van der Waals surface area (Å²) < 4.78 is 0. The lowest BCUT2D eigenvalue weighted by molar-refractivity contribution is -0.124. The fourth-order valence-electron chi connectivity index (χ4n) is 4.29. The Balaban J connectivity index is 1.54. The number of carbonyl (C=O) groups excluding carboxylic acids is 1. The van der Waals surface area contributed by atoms with Crippen molar-refractivity contribution in [1.29, 1.82) is 0 Å². The van der Waals surface area contributed by atoms with Crippen LogP contribution >= 0.6 is 0 Å². The number of hydrogen-bond acceptors (Lipinski definition) is 5. The molecule has 1 fully saturated rings. The van der Waals surface area contributed by atoms with E-state index in [1.54, 1.807) is 12.1 Å². The summed E-state index contributed by atoms with van der Waals surface area (Å²) in [7, 11) is 4.32. The van der Waals surface area contributed by atoms with Crippen molar-refractivity contribution < 1.29 is 9.90 Å². The Morgan fingerprint density at radius 1 is 1.29 bits per heavy atom. The molecule has 6 nitrogen and oxygen atoms in total. The molecule has 0 spiro atoms. The summed E-state index contributed by atoms with van der Waals surface area (Å²) in [6.07, 6.45) is 3.06. The van der Waals surface area contributed by atoms with E-state index in [0.717, 1.165) is 30.8 Å². The summed E-state index contributed by atoms with van der Waals surface area (Å²) in [5, 5.41) is 16.3. The van der Waals surface area contributed by atoms with Gasteiger partial charge in [-0.1, -0.05) is 19.9 Å². The fourth-order valence-corrected chi connectivity index (χ4v) is 4.29. The number of nitrogens with one attached hydrogen (secondary N) is 2. The molecule has 2 heterocycles. The molecule has 1 aromatic carbocycles. The van der Waals surface area contributed by atoms with Gasteiger partial charge in [0.05, 0.1) is 6.04 Å². The van der Waals surface area contributed by atoms with Crippen LogP contribution in [-0.2, 0) is 17.8 Å². The lowest BCUT2D eigenvalue weighted by atomic mass is 9.94. The van der Waals surface area contributed by atoms with Crippen LogP contribution in [0.25, 0.3) is 0 Å². The summed E-state index contributed by atoms with van der Waals surface area (Å²) in [5.74, 6) is 0.755. The van der Waals surface area contributed by atoms with Gasteiger partial charge >= 0.3 is 0 Å². The first kappa shape index (κ1) is 21.1. The van der Waals surface area contributed by atoms with Crippen LogP contribution in [0, 0.1) is 5.92 Å². The molecule has 3 rings (SSSR count). The van der Waals surface area contributed by atoms with Crippen LogP contribution in [0.15, 0.2) is 18.2 Å². The number of benzene rings is 1. The van der Waals surface area contributed by atoms with Crippen molar-refractivity contribution in [1.82, 2.24) is 20.4 Å². The van der Waals surface area contributed by atoms with Crippen molar-refractivity contribution in [3.05, 3.63) is 29.3 Å². The highest BCUT2D eigenvalue weighted by molar-refractivity contribution is 5.82. The number of piperidine rings is 1. The molecule has 0 aromatic heterocycles. The van der Waals surface area contributed by atoms with Crippen molar-refractivity contribution >= 4 is 5.91 Å². The minimum atomic E-state index is -0.210. The van der Waals surface area contributed by atoms with Crippen molar-refractivity contribution in [2.75, 3.05) is 33.7 Å². The largest absolute Gasteiger partial charge is 0.508 e. The zero-order chi connectivity index (χ0) is 20.3. The van der Waals surface area contributed by atoms with Crippen LogP contribution in [-0.4, -0.2) is 72.7 Å². The number of nitrogens with zero attached hydrogens (tertiary/aromatic N) is 2. The highest BCUT2D eigenvalue weighted by Gasteiger charge is 2.29. The molecule has 0 saturated carbocycles. The van der Waals surface area contributed by atoms with Gasteiger partial charge < -0.3 is 25.5 Å². The van der Waals surface area contributed by atoms with E-state index in [4.69, 9.17) is 0 Å². The molecule has 2 atom stereocenters. The first-order valence-electron chi connectivity index (χ1n) is 10.6. The zero-order valence-electron chi connectivity index (χ0n) is 17.7. The third-order valence-electron chi connectivity index (χ3n) is 6.34. The molecule has 1 aromatic rings. The van der Waals surface area contributed by atoms with Gasteiger partial charge in [-0.3, -0.25) is 4.79 Å². The van der Waals surface area contributed by atoms with Gasteiger partial charge in [-0.15, -0.1) is 0 Å². The van der Waals surface area contributed by atoms with Crippen LogP contribution in [0.2, 0.25) is 0 Å². The second kappa shape index (κ2) is 9.25. The molecular weight excluding hydrogens is 352 g/mol. The van der Waals surface area contributed by atoms with E-state index in [2.05, 4.69) is 48.4 Å².